The number of nitrogens with one attached hydrogen (secondary N) is 4. The summed E-state index contributed by atoms with van der Waals surface area (Å²) in [4.78, 5) is 40.4. The standard InChI is InChI=1S/C30H36F3N9O5S/c1-5-25(43)39-20-9-6-18(7-10-20)15-37-28(44)19-8-11-22(24(14-19)47-3)40-29-38-16-21(30(31,32)33)26(41-29)36-17-23-27(35-13-12-34-23)42(2)48(4,45)46/h5,8,11-14,16,18,20H,1,6-7,9-10,15,17H2,2-4H3,(H,37,44)(H,39,43)(H2,36,38,40,41). The van der Waals surface area contributed by atoms with Crippen molar-refractivity contribution in [3.63, 3.8) is 0 Å². The summed E-state index contributed by atoms with van der Waals surface area (Å²) in [7, 11) is -1.10. The van der Waals surface area contributed by atoms with E-state index in [9.17, 15) is 31.2 Å². The third kappa shape index (κ3) is 9.30. The molecule has 48 heavy (non-hydrogen) atoms. The van der Waals surface area contributed by atoms with Gasteiger partial charge in [0.2, 0.25) is 21.9 Å². The van der Waals surface area contributed by atoms with Crippen molar-refractivity contribution in [3.8, 4) is 5.75 Å². The Balaban J connectivity index is 1.45. The molecule has 0 radical (unpaired) electrons. The number of amides is 2. The van der Waals surface area contributed by atoms with Crippen molar-refractivity contribution < 1.29 is 35.9 Å². The Morgan fingerprint density at radius 2 is 1.83 bits per heavy atom. The summed E-state index contributed by atoms with van der Waals surface area (Å²) >= 11 is 0. The molecule has 0 bridgehead atoms. The summed E-state index contributed by atoms with van der Waals surface area (Å²) < 4.78 is 71.9. The number of anilines is 4. The van der Waals surface area contributed by atoms with Crippen LogP contribution in [0.15, 0.2) is 49.4 Å². The average molecular weight is 692 g/mol. The Labute approximate surface area is 275 Å². The first kappa shape index (κ1) is 35.8. The summed E-state index contributed by atoms with van der Waals surface area (Å²) in [6, 6.07) is 4.62. The predicted molar refractivity (Wildman–Crippen MR) is 172 cm³/mol. The van der Waals surface area contributed by atoms with Crippen LogP contribution in [0.1, 0.15) is 47.3 Å². The second kappa shape index (κ2) is 15.3. The maximum absolute atomic E-state index is 13.9. The number of hydrogen-bond donors (Lipinski definition) is 4. The van der Waals surface area contributed by atoms with Gasteiger partial charge in [-0.1, -0.05) is 6.58 Å². The zero-order valence-electron chi connectivity index (χ0n) is 26.5. The molecule has 2 aromatic heterocycles. The van der Waals surface area contributed by atoms with E-state index >= 15 is 0 Å². The van der Waals surface area contributed by atoms with Crippen LogP contribution in [-0.4, -0.2) is 73.2 Å². The van der Waals surface area contributed by atoms with Gasteiger partial charge in [0.05, 0.1) is 25.6 Å². The fraction of sp³-hybridized carbons (Fsp3) is 0.400. The van der Waals surface area contributed by atoms with E-state index in [1.807, 2.05) is 0 Å². The van der Waals surface area contributed by atoms with Crippen LogP contribution in [0.4, 0.5) is 36.4 Å². The molecule has 1 aliphatic carbocycles. The summed E-state index contributed by atoms with van der Waals surface area (Å²) in [6.07, 6.45) is 3.83. The molecule has 18 heteroatoms. The van der Waals surface area contributed by atoms with E-state index in [2.05, 4.69) is 47.8 Å². The number of alkyl halides is 3. The van der Waals surface area contributed by atoms with Crippen LogP contribution in [0.2, 0.25) is 0 Å². The topological polar surface area (TPSA) is 180 Å². The maximum atomic E-state index is 13.9. The van der Waals surface area contributed by atoms with E-state index in [-0.39, 0.29) is 59.2 Å². The number of sulfonamides is 1. The lowest BCUT2D eigenvalue weighted by atomic mass is 9.86. The SMILES string of the molecule is C=CC(=O)NC1CCC(CNC(=O)c2ccc(Nc3ncc(C(F)(F)F)c(NCc4nccnc4N(C)S(C)(=O)=O)n3)c(OC)c2)CC1. The molecule has 0 spiro atoms. The third-order valence-corrected chi connectivity index (χ3v) is 8.87. The number of rotatable bonds is 13. The molecular weight excluding hydrogens is 655 g/mol. The van der Waals surface area contributed by atoms with Gasteiger partial charge in [-0.05, 0) is 55.9 Å². The summed E-state index contributed by atoms with van der Waals surface area (Å²) in [5, 5.41) is 11.2. The minimum absolute atomic E-state index is 0.0619. The van der Waals surface area contributed by atoms with Crippen molar-refractivity contribution in [1.29, 1.82) is 0 Å². The van der Waals surface area contributed by atoms with Crippen molar-refractivity contribution in [2.45, 2.75) is 44.4 Å². The zero-order chi connectivity index (χ0) is 35.1. The van der Waals surface area contributed by atoms with Crippen LogP contribution in [0.3, 0.4) is 0 Å². The highest BCUT2D eigenvalue weighted by Gasteiger charge is 2.35. The molecule has 1 aliphatic rings. The normalized spacial score (nSPS) is 16.4. The number of hydrogen-bond acceptors (Lipinski definition) is 11. The van der Waals surface area contributed by atoms with Crippen molar-refractivity contribution in [2.75, 3.05) is 41.9 Å². The molecule has 1 saturated carbocycles. The Morgan fingerprint density at radius 3 is 2.48 bits per heavy atom. The zero-order valence-corrected chi connectivity index (χ0v) is 27.3. The predicted octanol–water partition coefficient (Wildman–Crippen LogP) is 3.64. The van der Waals surface area contributed by atoms with Gasteiger partial charge in [-0.2, -0.15) is 18.2 Å². The number of benzene rings is 1. The number of methoxy groups -OCH3 is 1. The molecule has 3 aromatic rings. The Hall–Kier alpha value is -5.00. The molecule has 258 valence electrons. The fourth-order valence-corrected chi connectivity index (χ4v) is 5.49. The molecule has 1 fully saturated rings. The first-order valence-electron chi connectivity index (χ1n) is 14.8. The lowest BCUT2D eigenvalue weighted by molar-refractivity contribution is -0.137. The Kier molecular flexibility index (Phi) is 11.4. The van der Waals surface area contributed by atoms with Gasteiger partial charge in [-0.15, -0.1) is 0 Å². The molecule has 4 rings (SSSR count). The van der Waals surface area contributed by atoms with Crippen molar-refractivity contribution in [2.24, 2.45) is 5.92 Å². The Bertz CT molecular complexity index is 1750. The van der Waals surface area contributed by atoms with Crippen LogP contribution < -0.4 is 30.3 Å². The monoisotopic (exact) mass is 691 g/mol. The highest BCUT2D eigenvalue weighted by molar-refractivity contribution is 7.92. The number of ether oxygens (including phenoxy) is 1. The largest absolute Gasteiger partial charge is 0.495 e. The summed E-state index contributed by atoms with van der Waals surface area (Å²) in [5.41, 5.74) is -0.514. The number of nitrogens with zero attached hydrogens (tertiary/aromatic N) is 5. The molecule has 0 saturated heterocycles. The van der Waals surface area contributed by atoms with E-state index in [0.29, 0.717) is 18.3 Å². The van der Waals surface area contributed by atoms with Gasteiger partial charge in [0.15, 0.2) is 5.82 Å². The van der Waals surface area contributed by atoms with Gasteiger partial charge in [0.25, 0.3) is 5.91 Å². The lowest BCUT2D eigenvalue weighted by Crippen LogP contribution is -2.39. The number of carbonyl (C=O) groups excluding carboxylic acids is 2. The van der Waals surface area contributed by atoms with Gasteiger partial charge < -0.3 is 26.0 Å². The van der Waals surface area contributed by atoms with E-state index in [1.165, 1.54) is 50.8 Å². The smallest absolute Gasteiger partial charge is 0.421 e. The van der Waals surface area contributed by atoms with E-state index < -0.39 is 27.6 Å². The van der Waals surface area contributed by atoms with Crippen LogP contribution in [0, 0.1) is 5.92 Å². The van der Waals surface area contributed by atoms with Gasteiger partial charge in [0, 0.05) is 43.8 Å². The minimum atomic E-state index is -4.82. The summed E-state index contributed by atoms with van der Waals surface area (Å²) in [6.45, 7) is 3.58. The molecule has 1 aromatic carbocycles. The van der Waals surface area contributed by atoms with Crippen LogP contribution in [0.25, 0.3) is 0 Å². The van der Waals surface area contributed by atoms with Gasteiger partial charge in [0.1, 0.15) is 22.8 Å². The van der Waals surface area contributed by atoms with Gasteiger partial charge in [-0.25, -0.2) is 18.4 Å². The first-order chi connectivity index (χ1) is 22.7. The molecular formula is C30H36F3N9O5S. The molecule has 2 amide bonds. The minimum Gasteiger partial charge on any atom is -0.495 e. The average Bonchev–Trinajstić information content (AvgIpc) is 3.05. The third-order valence-electron chi connectivity index (χ3n) is 7.71. The molecule has 2 heterocycles. The highest BCUT2D eigenvalue weighted by Crippen LogP contribution is 2.35. The molecule has 0 atom stereocenters. The molecule has 0 aliphatic heterocycles. The lowest BCUT2D eigenvalue weighted by Gasteiger charge is -2.29. The molecule has 14 nitrogen and oxygen atoms in total. The van der Waals surface area contributed by atoms with E-state index in [1.54, 1.807) is 0 Å². The fourth-order valence-electron chi connectivity index (χ4n) is 5.02. The van der Waals surface area contributed by atoms with E-state index in [0.717, 1.165) is 36.2 Å². The number of halogens is 3. The number of aromatic nitrogens is 4. The molecule has 0 unspecified atom stereocenters. The van der Waals surface area contributed by atoms with Gasteiger partial charge in [-0.3, -0.25) is 18.9 Å². The first-order valence-corrected chi connectivity index (χ1v) is 16.6. The second-order valence-corrected chi connectivity index (χ2v) is 13.1. The second-order valence-electron chi connectivity index (χ2n) is 11.0. The quantitative estimate of drug-likeness (QED) is 0.192. The van der Waals surface area contributed by atoms with Crippen LogP contribution in [-0.2, 0) is 27.5 Å². The van der Waals surface area contributed by atoms with E-state index in [4.69, 9.17) is 4.74 Å². The van der Waals surface area contributed by atoms with Crippen molar-refractivity contribution in [3.05, 3.63) is 66.3 Å². The molecule has 4 N–H and O–H groups in total. The van der Waals surface area contributed by atoms with Crippen LogP contribution >= 0.6 is 0 Å². The Morgan fingerprint density at radius 1 is 1.12 bits per heavy atom. The highest BCUT2D eigenvalue weighted by atomic mass is 32.2. The van der Waals surface area contributed by atoms with Crippen LogP contribution in [0.5, 0.6) is 5.75 Å². The summed E-state index contributed by atoms with van der Waals surface area (Å²) in [5.74, 6) is -0.928. The van der Waals surface area contributed by atoms with Crippen molar-refractivity contribution >= 4 is 45.1 Å². The number of carbonyl (C=O) groups is 2. The van der Waals surface area contributed by atoms with Crippen molar-refractivity contribution in [1.82, 2.24) is 30.6 Å². The van der Waals surface area contributed by atoms with Gasteiger partial charge >= 0.3 is 6.18 Å². The maximum Gasteiger partial charge on any atom is 0.421 e.